The van der Waals surface area contributed by atoms with Gasteiger partial charge in [0.05, 0.1) is 29.0 Å². The molecule has 2 rings (SSSR count). The van der Waals surface area contributed by atoms with E-state index in [2.05, 4.69) is 49.3 Å². The normalized spacial score (nSPS) is 12.2. The van der Waals surface area contributed by atoms with E-state index in [0.29, 0.717) is 6.61 Å². The molecule has 0 bridgehead atoms. The predicted molar refractivity (Wildman–Crippen MR) is 86.0 cm³/mol. The van der Waals surface area contributed by atoms with Gasteiger partial charge in [0.25, 0.3) is 0 Å². The summed E-state index contributed by atoms with van der Waals surface area (Å²) in [6.07, 6.45) is 0. The van der Waals surface area contributed by atoms with Crippen molar-refractivity contribution in [1.29, 1.82) is 0 Å². The van der Waals surface area contributed by atoms with Crippen LogP contribution in [0.1, 0.15) is 41.0 Å². The van der Waals surface area contributed by atoms with Crippen molar-refractivity contribution in [2.75, 3.05) is 11.9 Å². The summed E-state index contributed by atoms with van der Waals surface area (Å²) in [5.74, 6) is 0.915. The molecule has 1 aromatic carbocycles. The van der Waals surface area contributed by atoms with Crippen molar-refractivity contribution in [1.82, 2.24) is 4.98 Å². The van der Waals surface area contributed by atoms with E-state index in [1.807, 2.05) is 13.8 Å². The Morgan fingerprint density at radius 3 is 2.65 bits per heavy atom. The fourth-order valence-electron chi connectivity index (χ4n) is 2.27. The molecule has 0 radical (unpaired) electrons. The molecule has 0 amide bonds. The van der Waals surface area contributed by atoms with Crippen LogP contribution in [0.2, 0.25) is 0 Å². The molecule has 108 valence electrons. The molecule has 0 fully saturated rings. The van der Waals surface area contributed by atoms with Crippen LogP contribution in [0.5, 0.6) is 5.75 Å². The minimum Gasteiger partial charge on any atom is -0.492 e. The molecule has 1 aromatic heterocycles. The Kier molecular flexibility index (Phi) is 4.65. The summed E-state index contributed by atoms with van der Waals surface area (Å²) < 4.78 is 5.72. The standard InChI is InChI=1S/C16H22N2OS/c1-6-19-15-9-10(2)7-8-14(15)18-12(4)16-11(3)17-13(5)20-16/h7-9,12,18H,6H2,1-5H3. The molecule has 1 heterocycles. The van der Waals surface area contributed by atoms with Crippen molar-refractivity contribution in [3.8, 4) is 5.75 Å². The molecule has 0 aliphatic heterocycles. The zero-order valence-electron chi connectivity index (χ0n) is 12.8. The quantitative estimate of drug-likeness (QED) is 0.871. The first-order valence-electron chi connectivity index (χ1n) is 6.95. The number of benzene rings is 1. The summed E-state index contributed by atoms with van der Waals surface area (Å²) in [7, 11) is 0. The number of hydrogen-bond donors (Lipinski definition) is 1. The van der Waals surface area contributed by atoms with Gasteiger partial charge in [0.2, 0.25) is 0 Å². The Balaban J connectivity index is 2.23. The highest BCUT2D eigenvalue weighted by Crippen LogP contribution is 2.32. The Morgan fingerprint density at radius 2 is 2.05 bits per heavy atom. The Morgan fingerprint density at radius 1 is 1.30 bits per heavy atom. The molecule has 2 aromatic rings. The van der Waals surface area contributed by atoms with Crippen molar-refractivity contribution < 1.29 is 4.74 Å². The molecule has 0 aliphatic rings. The highest BCUT2D eigenvalue weighted by molar-refractivity contribution is 7.11. The van der Waals surface area contributed by atoms with Crippen LogP contribution in [0.3, 0.4) is 0 Å². The van der Waals surface area contributed by atoms with E-state index in [-0.39, 0.29) is 6.04 Å². The SMILES string of the molecule is CCOc1cc(C)ccc1NC(C)c1sc(C)nc1C. The molecule has 1 unspecified atom stereocenters. The maximum absolute atomic E-state index is 5.72. The summed E-state index contributed by atoms with van der Waals surface area (Å²) in [4.78, 5) is 5.78. The summed E-state index contributed by atoms with van der Waals surface area (Å²) >= 11 is 1.75. The first-order valence-corrected chi connectivity index (χ1v) is 7.76. The van der Waals surface area contributed by atoms with Gasteiger partial charge in [-0.1, -0.05) is 6.07 Å². The first kappa shape index (κ1) is 14.9. The fraction of sp³-hybridized carbons (Fsp3) is 0.438. The smallest absolute Gasteiger partial charge is 0.142 e. The molecule has 3 nitrogen and oxygen atoms in total. The fourth-order valence-corrected chi connectivity index (χ4v) is 3.20. The van der Waals surface area contributed by atoms with Crippen molar-refractivity contribution in [3.05, 3.63) is 39.3 Å². The van der Waals surface area contributed by atoms with Crippen LogP contribution in [0.25, 0.3) is 0 Å². The van der Waals surface area contributed by atoms with Crippen LogP contribution < -0.4 is 10.1 Å². The van der Waals surface area contributed by atoms with Crippen LogP contribution in [-0.4, -0.2) is 11.6 Å². The van der Waals surface area contributed by atoms with E-state index in [4.69, 9.17) is 4.74 Å². The number of ether oxygens (including phenoxy) is 1. The van der Waals surface area contributed by atoms with Gasteiger partial charge in [-0.05, 0) is 52.3 Å². The zero-order chi connectivity index (χ0) is 14.7. The van der Waals surface area contributed by atoms with Gasteiger partial charge < -0.3 is 10.1 Å². The van der Waals surface area contributed by atoms with Gasteiger partial charge in [-0.2, -0.15) is 0 Å². The van der Waals surface area contributed by atoms with Crippen molar-refractivity contribution in [3.63, 3.8) is 0 Å². The molecule has 20 heavy (non-hydrogen) atoms. The molecule has 0 spiro atoms. The Bertz CT molecular complexity index is 592. The third kappa shape index (κ3) is 3.31. The van der Waals surface area contributed by atoms with Gasteiger partial charge in [-0.15, -0.1) is 11.3 Å². The van der Waals surface area contributed by atoms with Crippen LogP contribution >= 0.6 is 11.3 Å². The Hall–Kier alpha value is -1.55. The highest BCUT2D eigenvalue weighted by Gasteiger charge is 2.14. The summed E-state index contributed by atoms with van der Waals surface area (Å²) in [5, 5.41) is 4.65. The van der Waals surface area contributed by atoms with Gasteiger partial charge in [0.1, 0.15) is 5.75 Å². The number of nitrogens with one attached hydrogen (secondary N) is 1. The number of thiazole rings is 1. The second-order valence-corrected chi connectivity index (χ2v) is 6.22. The number of anilines is 1. The average Bonchev–Trinajstić information content (AvgIpc) is 2.72. The zero-order valence-corrected chi connectivity index (χ0v) is 13.6. The molecular formula is C16H22N2OS. The van der Waals surface area contributed by atoms with Crippen LogP contribution in [0.4, 0.5) is 5.69 Å². The maximum atomic E-state index is 5.72. The lowest BCUT2D eigenvalue weighted by atomic mass is 10.1. The second kappa shape index (κ2) is 6.27. The molecule has 0 saturated carbocycles. The molecule has 1 atom stereocenters. The lowest BCUT2D eigenvalue weighted by molar-refractivity contribution is 0.341. The van der Waals surface area contributed by atoms with Crippen molar-refractivity contribution in [2.45, 2.75) is 40.7 Å². The lowest BCUT2D eigenvalue weighted by Crippen LogP contribution is -2.08. The minimum atomic E-state index is 0.225. The molecule has 4 heteroatoms. The molecule has 1 N–H and O–H groups in total. The third-order valence-corrected chi connectivity index (χ3v) is 4.40. The maximum Gasteiger partial charge on any atom is 0.142 e. The summed E-state index contributed by atoms with van der Waals surface area (Å²) in [6, 6.07) is 6.48. The predicted octanol–water partition coefficient (Wildman–Crippen LogP) is 4.64. The van der Waals surface area contributed by atoms with Gasteiger partial charge in [-0.25, -0.2) is 4.98 Å². The highest BCUT2D eigenvalue weighted by atomic mass is 32.1. The van der Waals surface area contributed by atoms with Crippen LogP contribution in [0.15, 0.2) is 18.2 Å². The van der Waals surface area contributed by atoms with Gasteiger partial charge in [0.15, 0.2) is 0 Å². The van der Waals surface area contributed by atoms with Crippen LogP contribution in [-0.2, 0) is 0 Å². The van der Waals surface area contributed by atoms with E-state index < -0.39 is 0 Å². The lowest BCUT2D eigenvalue weighted by Gasteiger charge is -2.18. The van der Waals surface area contributed by atoms with Crippen molar-refractivity contribution >= 4 is 17.0 Å². The summed E-state index contributed by atoms with van der Waals surface area (Å²) in [6.45, 7) is 11.0. The number of aryl methyl sites for hydroxylation is 3. The number of hydrogen-bond acceptors (Lipinski definition) is 4. The monoisotopic (exact) mass is 290 g/mol. The van der Waals surface area contributed by atoms with E-state index in [1.165, 1.54) is 10.4 Å². The first-order chi connectivity index (χ1) is 9.51. The van der Waals surface area contributed by atoms with Crippen molar-refractivity contribution in [2.24, 2.45) is 0 Å². The van der Waals surface area contributed by atoms with E-state index in [9.17, 15) is 0 Å². The van der Waals surface area contributed by atoms with E-state index in [0.717, 1.165) is 22.1 Å². The number of rotatable bonds is 5. The number of aromatic nitrogens is 1. The summed E-state index contributed by atoms with van der Waals surface area (Å²) in [5.41, 5.74) is 3.35. The molecule has 0 saturated heterocycles. The topological polar surface area (TPSA) is 34.1 Å². The van der Waals surface area contributed by atoms with Gasteiger partial charge in [-0.3, -0.25) is 0 Å². The largest absolute Gasteiger partial charge is 0.492 e. The minimum absolute atomic E-state index is 0.225. The van der Waals surface area contributed by atoms with E-state index >= 15 is 0 Å². The molecular weight excluding hydrogens is 268 g/mol. The average molecular weight is 290 g/mol. The van der Waals surface area contributed by atoms with Gasteiger partial charge in [0, 0.05) is 4.88 Å². The second-order valence-electron chi connectivity index (χ2n) is 4.98. The number of nitrogens with zero attached hydrogens (tertiary/aromatic N) is 1. The Labute approximate surface area is 125 Å². The van der Waals surface area contributed by atoms with E-state index in [1.54, 1.807) is 11.3 Å². The molecule has 0 aliphatic carbocycles. The van der Waals surface area contributed by atoms with Crippen LogP contribution in [0, 0.1) is 20.8 Å². The van der Waals surface area contributed by atoms with Gasteiger partial charge >= 0.3 is 0 Å². The third-order valence-electron chi connectivity index (χ3n) is 3.14.